The predicted molar refractivity (Wildman–Crippen MR) is 118 cm³/mol. The summed E-state index contributed by atoms with van der Waals surface area (Å²) < 4.78 is 1.52. The van der Waals surface area contributed by atoms with Crippen LogP contribution >= 0.6 is 11.3 Å². The average Bonchev–Trinajstić information content (AvgIpc) is 3.38. The highest BCUT2D eigenvalue weighted by atomic mass is 32.1. The average molecular weight is 422 g/mol. The molecule has 8 heteroatoms. The second-order valence-corrected chi connectivity index (χ2v) is 8.23. The lowest BCUT2D eigenvalue weighted by molar-refractivity contribution is 0.0953. The Bertz CT molecular complexity index is 1110. The molecular formula is C22H23N5O2S. The molecule has 2 amide bonds. The van der Waals surface area contributed by atoms with Crippen molar-refractivity contribution in [2.24, 2.45) is 12.1 Å². The Balaban J connectivity index is 1.39. The lowest BCUT2D eigenvalue weighted by Gasteiger charge is -2.12. The molecule has 2 N–H and O–H groups in total. The third-order valence-corrected chi connectivity index (χ3v) is 6.33. The van der Waals surface area contributed by atoms with E-state index in [-0.39, 0.29) is 11.8 Å². The monoisotopic (exact) mass is 421 g/mol. The molecule has 0 bridgehead atoms. The van der Waals surface area contributed by atoms with Crippen LogP contribution in [0.1, 0.15) is 56.6 Å². The lowest BCUT2D eigenvalue weighted by atomic mass is 9.96. The van der Waals surface area contributed by atoms with Gasteiger partial charge in [0.15, 0.2) is 0 Å². The van der Waals surface area contributed by atoms with Crippen LogP contribution in [0.4, 0.5) is 5.69 Å². The molecule has 0 saturated heterocycles. The van der Waals surface area contributed by atoms with E-state index in [1.807, 2.05) is 24.4 Å². The van der Waals surface area contributed by atoms with Crippen molar-refractivity contribution >= 4 is 34.6 Å². The number of benzene rings is 1. The molecule has 0 saturated carbocycles. The van der Waals surface area contributed by atoms with E-state index in [0.717, 1.165) is 30.4 Å². The van der Waals surface area contributed by atoms with Crippen molar-refractivity contribution in [3.05, 3.63) is 69.2 Å². The molecule has 30 heavy (non-hydrogen) atoms. The number of aromatic nitrogens is 2. The van der Waals surface area contributed by atoms with E-state index < -0.39 is 0 Å². The van der Waals surface area contributed by atoms with E-state index in [2.05, 4.69) is 20.9 Å². The second-order valence-electron chi connectivity index (χ2n) is 7.27. The largest absolute Gasteiger partial charge is 0.321 e. The van der Waals surface area contributed by atoms with Crippen molar-refractivity contribution in [2.45, 2.75) is 32.6 Å². The first-order valence-corrected chi connectivity index (χ1v) is 10.7. The number of hydrogen-bond donors (Lipinski definition) is 2. The molecule has 1 aliphatic rings. The molecule has 4 rings (SSSR count). The number of anilines is 1. The van der Waals surface area contributed by atoms with Gasteiger partial charge in [-0.15, -0.1) is 11.3 Å². The van der Waals surface area contributed by atoms with Crippen LogP contribution in [0.5, 0.6) is 0 Å². The highest BCUT2D eigenvalue weighted by molar-refractivity contribution is 7.10. The smallest absolute Gasteiger partial charge is 0.273 e. The molecule has 1 aliphatic carbocycles. The first-order chi connectivity index (χ1) is 14.5. The van der Waals surface area contributed by atoms with Crippen molar-refractivity contribution < 1.29 is 9.59 Å². The van der Waals surface area contributed by atoms with Crippen molar-refractivity contribution in [3.8, 4) is 0 Å². The zero-order chi connectivity index (χ0) is 21.1. The van der Waals surface area contributed by atoms with Crippen LogP contribution < -0.4 is 10.7 Å². The summed E-state index contributed by atoms with van der Waals surface area (Å²) in [4.78, 5) is 26.2. The Hall–Kier alpha value is -3.26. The first kappa shape index (κ1) is 20.0. The van der Waals surface area contributed by atoms with Crippen molar-refractivity contribution in [1.82, 2.24) is 15.2 Å². The molecule has 0 spiro atoms. The summed E-state index contributed by atoms with van der Waals surface area (Å²) in [7, 11) is 1.72. The number of thiophene rings is 1. The van der Waals surface area contributed by atoms with Gasteiger partial charge in [0, 0.05) is 29.2 Å². The normalized spacial score (nSPS) is 13.6. The predicted octanol–water partition coefficient (Wildman–Crippen LogP) is 3.77. The van der Waals surface area contributed by atoms with Gasteiger partial charge in [-0.2, -0.15) is 10.2 Å². The fraction of sp³-hybridized carbons (Fsp3) is 0.273. The number of fused-ring (bicyclic) bond motifs is 1. The third kappa shape index (κ3) is 4.18. The molecule has 2 aromatic heterocycles. The van der Waals surface area contributed by atoms with Crippen molar-refractivity contribution in [2.75, 3.05) is 5.32 Å². The molecule has 0 radical (unpaired) electrons. The van der Waals surface area contributed by atoms with Crippen LogP contribution in [-0.4, -0.2) is 27.3 Å². The standard InChI is InChI=1S/C22H23N5O2S/c1-14(25-26-21(28)18-13-30-20-6-4-3-5-17(18)20)15-7-9-16(10-8-15)24-22(29)19-11-12-23-27(19)2/h7-13H,3-6H2,1-2H3,(H,24,29)(H,26,28)/b25-14-. The van der Waals surface area contributed by atoms with Gasteiger partial charge in [-0.1, -0.05) is 12.1 Å². The zero-order valence-electron chi connectivity index (χ0n) is 16.9. The Kier molecular flexibility index (Phi) is 5.76. The van der Waals surface area contributed by atoms with Crippen molar-refractivity contribution in [3.63, 3.8) is 0 Å². The summed E-state index contributed by atoms with van der Waals surface area (Å²) in [5, 5.41) is 13.0. The SMILES string of the molecule is C/C(=N/NC(=O)c1csc2c1CCCC2)c1ccc(NC(=O)c2ccnn2C)cc1. The minimum atomic E-state index is -0.223. The van der Waals surface area contributed by atoms with E-state index in [1.54, 1.807) is 42.8 Å². The number of aryl methyl sites for hydroxylation is 2. The zero-order valence-corrected chi connectivity index (χ0v) is 17.8. The maximum atomic E-state index is 12.6. The molecule has 3 aromatic rings. The van der Waals surface area contributed by atoms with Crippen LogP contribution in [-0.2, 0) is 19.9 Å². The summed E-state index contributed by atoms with van der Waals surface area (Å²) in [6.07, 6.45) is 5.95. The van der Waals surface area contributed by atoms with Gasteiger partial charge >= 0.3 is 0 Å². The molecule has 2 heterocycles. The Morgan fingerprint density at radius 3 is 2.60 bits per heavy atom. The van der Waals surface area contributed by atoms with Gasteiger partial charge in [-0.05, 0) is 61.9 Å². The maximum Gasteiger partial charge on any atom is 0.273 e. The van der Waals surface area contributed by atoms with E-state index in [1.165, 1.54) is 21.5 Å². The number of carbonyl (C=O) groups excluding carboxylic acids is 2. The van der Waals surface area contributed by atoms with E-state index in [9.17, 15) is 9.59 Å². The van der Waals surface area contributed by atoms with Gasteiger partial charge in [0.05, 0.1) is 11.3 Å². The molecule has 1 aromatic carbocycles. The van der Waals surface area contributed by atoms with Crippen LogP contribution in [0.3, 0.4) is 0 Å². The highest BCUT2D eigenvalue weighted by Gasteiger charge is 2.20. The lowest BCUT2D eigenvalue weighted by Crippen LogP contribution is -2.20. The quantitative estimate of drug-likeness (QED) is 0.486. The van der Waals surface area contributed by atoms with Crippen LogP contribution in [0.2, 0.25) is 0 Å². The number of hydrogen-bond acceptors (Lipinski definition) is 5. The molecule has 7 nitrogen and oxygen atoms in total. The van der Waals surface area contributed by atoms with Gasteiger partial charge in [0.25, 0.3) is 11.8 Å². The Morgan fingerprint density at radius 1 is 1.10 bits per heavy atom. The molecule has 0 fully saturated rings. The Labute approximate surface area is 178 Å². The molecular weight excluding hydrogens is 398 g/mol. The fourth-order valence-electron chi connectivity index (χ4n) is 3.53. The minimum Gasteiger partial charge on any atom is -0.321 e. The molecule has 0 atom stereocenters. The molecule has 154 valence electrons. The van der Waals surface area contributed by atoms with Crippen LogP contribution in [0.15, 0.2) is 47.0 Å². The summed E-state index contributed by atoms with van der Waals surface area (Å²) >= 11 is 1.67. The van der Waals surface area contributed by atoms with Crippen LogP contribution in [0.25, 0.3) is 0 Å². The fourth-order valence-corrected chi connectivity index (χ4v) is 4.66. The van der Waals surface area contributed by atoms with E-state index in [4.69, 9.17) is 0 Å². The van der Waals surface area contributed by atoms with Crippen LogP contribution in [0, 0.1) is 0 Å². The summed E-state index contributed by atoms with van der Waals surface area (Å²) in [5.74, 6) is -0.381. The van der Waals surface area contributed by atoms with Gasteiger partial charge in [-0.3, -0.25) is 14.3 Å². The third-order valence-electron chi connectivity index (χ3n) is 5.25. The number of rotatable bonds is 5. The molecule has 0 aliphatic heterocycles. The Morgan fingerprint density at radius 2 is 1.87 bits per heavy atom. The van der Waals surface area contributed by atoms with Gasteiger partial charge in [0.1, 0.15) is 5.69 Å². The number of nitrogens with one attached hydrogen (secondary N) is 2. The summed E-state index contributed by atoms with van der Waals surface area (Å²) in [6.45, 7) is 1.84. The highest BCUT2D eigenvalue weighted by Crippen LogP contribution is 2.30. The number of hydrazone groups is 1. The topological polar surface area (TPSA) is 88.4 Å². The first-order valence-electron chi connectivity index (χ1n) is 9.86. The summed E-state index contributed by atoms with van der Waals surface area (Å²) in [6, 6.07) is 8.99. The second kappa shape index (κ2) is 8.62. The number of amides is 2. The summed E-state index contributed by atoms with van der Waals surface area (Å²) in [5.41, 5.74) is 7.32. The van der Waals surface area contributed by atoms with Gasteiger partial charge in [-0.25, -0.2) is 5.43 Å². The molecule has 0 unspecified atom stereocenters. The van der Waals surface area contributed by atoms with Gasteiger partial charge < -0.3 is 5.32 Å². The number of carbonyl (C=O) groups is 2. The minimum absolute atomic E-state index is 0.159. The maximum absolute atomic E-state index is 12.6. The number of nitrogens with zero attached hydrogens (tertiary/aromatic N) is 3. The van der Waals surface area contributed by atoms with E-state index >= 15 is 0 Å². The van der Waals surface area contributed by atoms with Gasteiger partial charge in [0.2, 0.25) is 0 Å². The van der Waals surface area contributed by atoms with Crippen molar-refractivity contribution in [1.29, 1.82) is 0 Å². The van der Waals surface area contributed by atoms with E-state index in [0.29, 0.717) is 17.1 Å².